The standard InChI is InChI=1S/C19H20O3/c1-21-16-11-6-5-10-15(16)19(20)18(17-12-7-13-22-17)14-8-3-2-4-9-14/h2-6,8-11,17-18H,7,12-13H2,1H3. The van der Waals surface area contributed by atoms with Crippen molar-refractivity contribution in [2.24, 2.45) is 0 Å². The number of carbonyl (C=O) groups excluding carboxylic acids is 1. The van der Waals surface area contributed by atoms with E-state index in [4.69, 9.17) is 9.47 Å². The maximum absolute atomic E-state index is 13.2. The minimum absolute atomic E-state index is 0.0557. The summed E-state index contributed by atoms with van der Waals surface area (Å²) in [5.41, 5.74) is 1.62. The summed E-state index contributed by atoms with van der Waals surface area (Å²) in [6.45, 7) is 0.729. The molecule has 3 rings (SSSR count). The summed E-state index contributed by atoms with van der Waals surface area (Å²) in [4.78, 5) is 13.2. The van der Waals surface area contributed by atoms with Crippen molar-refractivity contribution in [1.82, 2.24) is 0 Å². The number of ketones is 1. The SMILES string of the molecule is COc1ccccc1C(=O)C(c1ccccc1)C1CCCO1. The van der Waals surface area contributed by atoms with E-state index in [1.54, 1.807) is 7.11 Å². The third-order valence-corrected chi connectivity index (χ3v) is 4.15. The van der Waals surface area contributed by atoms with Crippen molar-refractivity contribution < 1.29 is 14.3 Å². The van der Waals surface area contributed by atoms with Gasteiger partial charge < -0.3 is 9.47 Å². The molecule has 2 atom stereocenters. The van der Waals surface area contributed by atoms with Crippen LogP contribution in [-0.4, -0.2) is 25.6 Å². The van der Waals surface area contributed by atoms with Gasteiger partial charge in [0.1, 0.15) is 5.75 Å². The van der Waals surface area contributed by atoms with Crippen LogP contribution in [0.4, 0.5) is 0 Å². The zero-order valence-electron chi connectivity index (χ0n) is 12.7. The highest BCUT2D eigenvalue weighted by Gasteiger charge is 2.34. The Kier molecular flexibility index (Phi) is 4.54. The van der Waals surface area contributed by atoms with E-state index in [0.29, 0.717) is 11.3 Å². The highest BCUT2D eigenvalue weighted by Crippen LogP contribution is 2.34. The molecule has 2 aromatic carbocycles. The van der Waals surface area contributed by atoms with Crippen molar-refractivity contribution in [3.05, 3.63) is 65.7 Å². The van der Waals surface area contributed by atoms with Gasteiger partial charge in [-0.05, 0) is 30.5 Å². The number of ether oxygens (including phenoxy) is 2. The molecule has 0 aliphatic carbocycles. The fourth-order valence-corrected chi connectivity index (χ4v) is 3.08. The van der Waals surface area contributed by atoms with Gasteiger partial charge in [0.2, 0.25) is 0 Å². The van der Waals surface area contributed by atoms with Gasteiger partial charge in [-0.15, -0.1) is 0 Å². The van der Waals surface area contributed by atoms with Gasteiger partial charge in [0.15, 0.2) is 5.78 Å². The molecule has 1 saturated heterocycles. The van der Waals surface area contributed by atoms with Gasteiger partial charge in [0.05, 0.1) is 24.7 Å². The Hall–Kier alpha value is -2.13. The van der Waals surface area contributed by atoms with E-state index >= 15 is 0 Å². The van der Waals surface area contributed by atoms with Crippen LogP contribution in [0.1, 0.15) is 34.7 Å². The Bertz CT molecular complexity index is 630. The molecule has 2 unspecified atom stereocenters. The Balaban J connectivity index is 2.00. The number of para-hydroxylation sites is 1. The van der Waals surface area contributed by atoms with Crippen LogP contribution in [0.15, 0.2) is 54.6 Å². The average Bonchev–Trinajstić information content (AvgIpc) is 3.10. The second kappa shape index (κ2) is 6.75. The Labute approximate surface area is 130 Å². The molecule has 1 fully saturated rings. The first kappa shape index (κ1) is 14.8. The van der Waals surface area contributed by atoms with E-state index in [2.05, 4.69) is 0 Å². The lowest BCUT2D eigenvalue weighted by molar-refractivity contribution is 0.0674. The summed E-state index contributed by atoms with van der Waals surface area (Å²) >= 11 is 0. The molecule has 1 heterocycles. The van der Waals surface area contributed by atoms with E-state index in [1.165, 1.54) is 0 Å². The smallest absolute Gasteiger partial charge is 0.176 e. The maximum atomic E-state index is 13.2. The molecule has 0 bridgehead atoms. The van der Waals surface area contributed by atoms with Gasteiger partial charge in [-0.2, -0.15) is 0 Å². The average molecular weight is 296 g/mol. The summed E-state index contributed by atoms with van der Waals surface area (Å²) < 4.78 is 11.2. The quantitative estimate of drug-likeness (QED) is 0.786. The van der Waals surface area contributed by atoms with Crippen molar-refractivity contribution >= 4 is 5.78 Å². The molecule has 2 aromatic rings. The lowest BCUT2D eigenvalue weighted by Crippen LogP contribution is -2.26. The predicted octanol–water partition coefficient (Wildman–Crippen LogP) is 3.84. The van der Waals surface area contributed by atoms with Gasteiger partial charge in [0.25, 0.3) is 0 Å². The molecule has 0 amide bonds. The number of hydrogen-bond acceptors (Lipinski definition) is 3. The van der Waals surface area contributed by atoms with Crippen molar-refractivity contribution in [2.75, 3.05) is 13.7 Å². The molecule has 0 saturated carbocycles. The first-order chi connectivity index (χ1) is 10.8. The number of hydrogen-bond donors (Lipinski definition) is 0. The second-order valence-electron chi connectivity index (χ2n) is 5.50. The third kappa shape index (κ3) is 2.90. The van der Waals surface area contributed by atoms with Gasteiger partial charge in [0, 0.05) is 6.61 Å². The molecule has 3 heteroatoms. The van der Waals surface area contributed by atoms with Crippen LogP contribution in [0.5, 0.6) is 5.75 Å². The van der Waals surface area contributed by atoms with Crippen molar-refractivity contribution in [2.45, 2.75) is 24.9 Å². The largest absolute Gasteiger partial charge is 0.496 e. The van der Waals surface area contributed by atoms with E-state index in [0.717, 1.165) is 25.0 Å². The molecule has 3 nitrogen and oxygen atoms in total. The number of Topliss-reactive ketones (excluding diaryl/α,β-unsaturated/α-hetero) is 1. The summed E-state index contributed by atoms with van der Waals surface area (Å²) in [5, 5.41) is 0. The number of rotatable bonds is 5. The van der Waals surface area contributed by atoms with E-state index in [9.17, 15) is 4.79 Å². The lowest BCUT2D eigenvalue weighted by atomic mass is 9.85. The zero-order valence-corrected chi connectivity index (χ0v) is 12.7. The van der Waals surface area contributed by atoms with Crippen LogP contribution < -0.4 is 4.74 Å². The molecular formula is C19H20O3. The van der Waals surface area contributed by atoms with Crippen molar-refractivity contribution in [1.29, 1.82) is 0 Å². The molecule has 0 radical (unpaired) electrons. The highest BCUT2D eigenvalue weighted by atomic mass is 16.5. The van der Waals surface area contributed by atoms with Crippen LogP contribution >= 0.6 is 0 Å². The number of methoxy groups -OCH3 is 1. The van der Waals surface area contributed by atoms with Crippen LogP contribution in [-0.2, 0) is 4.74 Å². The first-order valence-corrected chi connectivity index (χ1v) is 7.65. The summed E-state index contributed by atoms with van der Waals surface area (Å²) in [6, 6.07) is 17.3. The molecule has 0 aromatic heterocycles. The highest BCUT2D eigenvalue weighted by molar-refractivity contribution is 6.03. The topological polar surface area (TPSA) is 35.5 Å². The zero-order chi connectivity index (χ0) is 15.4. The van der Waals surface area contributed by atoms with Crippen molar-refractivity contribution in [3.63, 3.8) is 0 Å². The Morgan fingerprint density at radius 1 is 1.14 bits per heavy atom. The minimum atomic E-state index is -0.278. The summed E-state index contributed by atoms with van der Waals surface area (Å²) in [5.74, 6) is 0.405. The molecule has 1 aliphatic heterocycles. The molecule has 22 heavy (non-hydrogen) atoms. The maximum Gasteiger partial charge on any atom is 0.176 e. The first-order valence-electron chi connectivity index (χ1n) is 7.65. The van der Waals surface area contributed by atoms with E-state index in [-0.39, 0.29) is 17.8 Å². The molecule has 114 valence electrons. The number of carbonyl (C=O) groups is 1. The molecular weight excluding hydrogens is 276 g/mol. The lowest BCUT2D eigenvalue weighted by Gasteiger charge is -2.23. The van der Waals surface area contributed by atoms with Crippen LogP contribution in [0.25, 0.3) is 0 Å². The van der Waals surface area contributed by atoms with Gasteiger partial charge in [-0.3, -0.25) is 4.79 Å². The minimum Gasteiger partial charge on any atom is -0.496 e. The molecule has 0 N–H and O–H groups in total. The summed E-state index contributed by atoms with van der Waals surface area (Å²) in [6.07, 6.45) is 1.87. The van der Waals surface area contributed by atoms with Gasteiger partial charge in [-0.25, -0.2) is 0 Å². The van der Waals surface area contributed by atoms with Gasteiger partial charge in [-0.1, -0.05) is 42.5 Å². The predicted molar refractivity (Wildman–Crippen MR) is 85.5 cm³/mol. The number of benzene rings is 2. The van der Waals surface area contributed by atoms with Gasteiger partial charge >= 0.3 is 0 Å². The van der Waals surface area contributed by atoms with E-state index in [1.807, 2.05) is 54.6 Å². The third-order valence-electron chi connectivity index (χ3n) is 4.15. The van der Waals surface area contributed by atoms with Crippen LogP contribution in [0.3, 0.4) is 0 Å². The Morgan fingerprint density at radius 2 is 1.86 bits per heavy atom. The Morgan fingerprint density at radius 3 is 2.55 bits per heavy atom. The monoisotopic (exact) mass is 296 g/mol. The molecule has 1 aliphatic rings. The summed E-state index contributed by atoms with van der Waals surface area (Å²) in [7, 11) is 1.59. The van der Waals surface area contributed by atoms with Crippen LogP contribution in [0, 0.1) is 0 Å². The fraction of sp³-hybridized carbons (Fsp3) is 0.316. The normalized spacial score (nSPS) is 18.9. The molecule has 0 spiro atoms. The second-order valence-corrected chi connectivity index (χ2v) is 5.50. The fourth-order valence-electron chi connectivity index (χ4n) is 3.08. The van der Waals surface area contributed by atoms with Crippen molar-refractivity contribution in [3.8, 4) is 5.75 Å². The van der Waals surface area contributed by atoms with Crippen LogP contribution in [0.2, 0.25) is 0 Å². The van der Waals surface area contributed by atoms with E-state index < -0.39 is 0 Å².